The zero-order valence-electron chi connectivity index (χ0n) is 9.01. The minimum atomic E-state index is 0.316. The molecule has 2 rings (SSSR count). The molecule has 2 aromatic rings. The normalized spacial score (nSPS) is 9.81. The van der Waals surface area contributed by atoms with E-state index in [9.17, 15) is 0 Å². The average molecular weight is 214 g/mol. The van der Waals surface area contributed by atoms with Crippen LogP contribution in [-0.4, -0.2) is 22.1 Å². The van der Waals surface area contributed by atoms with Gasteiger partial charge in [0, 0.05) is 12.6 Å². The second-order valence-electron chi connectivity index (χ2n) is 3.25. The first-order chi connectivity index (χ1) is 7.76. The highest BCUT2D eigenvalue weighted by atomic mass is 16.5. The highest BCUT2D eigenvalue weighted by Crippen LogP contribution is 2.24. The van der Waals surface area contributed by atoms with Crippen LogP contribution >= 0.6 is 0 Å². The Bertz CT molecular complexity index is 553. The van der Waals surface area contributed by atoms with E-state index in [2.05, 4.69) is 10.3 Å². The van der Waals surface area contributed by atoms with Crippen molar-refractivity contribution in [2.45, 2.75) is 0 Å². The number of nitriles is 1. The third-order valence-electron chi connectivity index (χ3n) is 2.28. The van der Waals surface area contributed by atoms with E-state index in [-0.39, 0.29) is 0 Å². The number of nitrogens with zero attached hydrogens (tertiary/aromatic N) is 4. The van der Waals surface area contributed by atoms with E-state index in [1.54, 1.807) is 18.8 Å². The second kappa shape index (κ2) is 4.03. The van der Waals surface area contributed by atoms with Gasteiger partial charge in [-0.05, 0) is 12.1 Å². The van der Waals surface area contributed by atoms with Gasteiger partial charge in [-0.15, -0.1) is 5.10 Å². The Morgan fingerprint density at radius 3 is 2.94 bits per heavy atom. The largest absolute Gasteiger partial charge is 0.497 e. The van der Waals surface area contributed by atoms with Gasteiger partial charge in [0.2, 0.25) is 0 Å². The van der Waals surface area contributed by atoms with E-state index in [1.807, 2.05) is 30.3 Å². The van der Waals surface area contributed by atoms with Gasteiger partial charge >= 0.3 is 0 Å². The molecular formula is C11H10N4O. The zero-order chi connectivity index (χ0) is 11.5. The first kappa shape index (κ1) is 10.2. The first-order valence-electron chi connectivity index (χ1n) is 4.70. The van der Waals surface area contributed by atoms with E-state index >= 15 is 0 Å². The molecule has 0 aliphatic heterocycles. The molecule has 0 fully saturated rings. The second-order valence-corrected chi connectivity index (χ2v) is 3.25. The summed E-state index contributed by atoms with van der Waals surface area (Å²) in [6.45, 7) is 0. The fraction of sp³-hybridized carbons (Fsp3) is 0.182. The number of benzene rings is 1. The number of rotatable bonds is 2. The smallest absolute Gasteiger partial charge is 0.190 e. The SMILES string of the molecule is COc1cccc(-c2c(C#N)nnn2C)c1. The fourth-order valence-corrected chi connectivity index (χ4v) is 1.53. The predicted molar refractivity (Wildman–Crippen MR) is 57.7 cm³/mol. The molecule has 0 saturated heterocycles. The number of methoxy groups -OCH3 is 1. The molecule has 5 nitrogen and oxygen atoms in total. The van der Waals surface area contributed by atoms with Gasteiger partial charge in [0.05, 0.1) is 7.11 Å². The lowest BCUT2D eigenvalue weighted by Crippen LogP contribution is -1.95. The van der Waals surface area contributed by atoms with Crippen LogP contribution in [0.4, 0.5) is 0 Å². The first-order valence-corrected chi connectivity index (χ1v) is 4.70. The number of aryl methyl sites for hydroxylation is 1. The molecule has 0 aliphatic carbocycles. The van der Waals surface area contributed by atoms with Crippen LogP contribution in [0.25, 0.3) is 11.3 Å². The Morgan fingerprint density at radius 2 is 2.25 bits per heavy atom. The maximum Gasteiger partial charge on any atom is 0.190 e. The maximum absolute atomic E-state index is 8.92. The molecule has 1 aromatic heterocycles. The molecule has 0 saturated carbocycles. The summed E-state index contributed by atoms with van der Waals surface area (Å²) in [4.78, 5) is 0. The van der Waals surface area contributed by atoms with Crippen molar-refractivity contribution in [2.24, 2.45) is 7.05 Å². The molecule has 1 aromatic carbocycles. The monoisotopic (exact) mass is 214 g/mol. The van der Waals surface area contributed by atoms with Crippen LogP contribution in [0.15, 0.2) is 24.3 Å². The van der Waals surface area contributed by atoms with Gasteiger partial charge in [-0.2, -0.15) is 5.26 Å². The molecule has 0 bridgehead atoms. The molecule has 0 spiro atoms. The molecule has 5 heteroatoms. The van der Waals surface area contributed by atoms with Crippen LogP contribution in [0.1, 0.15) is 5.69 Å². The molecular weight excluding hydrogens is 204 g/mol. The molecule has 0 amide bonds. The summed E-state index contributed by atoms with van der Waals surface area (Å²) >= 11 is 0. The predicted octanol–water partition coefficient (Wildman–Crippen LogP) is 1.36. The Kier molecular flexibility index (Phi) is 2.56. The van der Waals surface area contributed by atoms with Crippen molar-refractivity contribution in [1.82, 2.24) is 15.0 Å². The quantitative estimate of drug-likeness (QED) is 0.757. The van der Waals surface area contributed by atoms with Crippen LogP contribution in [0.5, 0.6) is 5.75 Å². The third kappa shape index (κ3) is 1.61. The number of ether oxygens (including phenoxy) is 1. The molecule has 0 atom stereocenters. The van der Waals surface area contributed by atoms with Crippen molar-refractivity contribution in [2.75, 3.05) is 7.11 Å². The van der Waals surface area contributed by atoms with Gasteiger partial charge in [-0.1, -0.05) is 17.3 Å². The lowest BCUT2D eigenvalue weighted by molar-refractivity contribution is 0.415. The number of aromatic nitrogens is 3. The molecule has 80 valence electrons. The van der Waals surface area contributed by atoms with E-state index < -0.39 is 0 Å². The van der Waals surface area contributed by atoms with Crippen molar-refractivity contribution >= 4 is 0 Å². The van der Waals surface area contributed by atoms with E-state index in [1.165, 1.54) is 0 Å². The summed E-state index contributed by atoms with van der Waals surface area (Å²) in [5.74, 6) is 0.739. The number of hydrogen-bond donors (Lipinski definition) is 0. The summed E-state index contributed by atoms with van der Waals surface area (Å²) in [7, 11) is 3.36. The molecule has 0 N–H and O–H groups in total. The lowest BCUT2D eigenvalue weighted by atomic mass is 10.1. The zero-order valence-corrected chi connectivity index (χ0v) is 9.01. The van der Waals surface area contributed by atoms with Crippen LogP contribution in [0.2, 0.25) is 0 Å². The summed E-state index contributed by atoms with van der Waals surface area (Å²) in [5, 5.41) is 16.5. The Labute approximate surface area is 92.9 Å². The van der Waals surface area contributed by atoms with E-state index in [0.29, 0.717) is 11.4 Å². The van der Waals surface area contributed by atoms with Crippen LogP contribution in [0.3, 0.4) is 0 Å². The van der Waals surface area contributed by atoms with Crippen LogP contribution in [0, 0.1) is 11.3 Å². The highest BCUT2D eigenvalue weighted by Gasteiger charge is 2.12. The van der Waals surface area contributed by atoms with Crippen molar-refractivity contribution in [3.63, 3.8) is 0 Å². The Hall–Kier alpha value is -2.35. The van der Waals surface area contributed by atoms with Crippen LogP contribution in [-0.2, 0) is 7.05 Å². The standard InChI is InChI=1S/C11H10N4O/c1-15-11(10(7-12)13-14-15)8-4-3-5-9(6-8)16-2/h3-6H,1-2H3. The van der Waals surface area contributed by atoms with Crippen molar-refractivity contribution in [3.8, 4) is 23.1 Å². The van der Waals surface area contributed by atoms with Gasteiger partial charge in [-0.3, -0.25) is 0 Å². The third-order valence-corrected chi connectivity index (χ3v) is 2.28. The van der Waals surface area contributed by atoms with Crippen LogP contribution < -0.4 is 4.74 Å². The molecule has 0 radical (unpaired) electrons. The Balaban J connectivity index is 2.58. The van der Waals surface area contributed by atoms with Crippen molar-refractivity contribution in [1.29, 1.82) is 5.26 Å². The van der Waals surface area contributed by atoms with Gasteiger partial charge in [0.15, 0.2) is 5.69 Å². The fourth-order valence-electron chi connectivity index (χ4n) is 1.53. The Morgan fingerprint density at radius 1 is 1.44 bits per heavy atom. The average Bonchev–Trinajstić information content (AvgIpc) is 2.70. The van der Waals surface area contributed by atoms with Gasteiger partial charge < -0.3 is 4.74 Å². The summed E-state index contributed by atoms with van der Waals surface area (Å²) < 4.78 is 6.71. The van der Waals surface area contributed by atoms with E-state index in [4.69, 9.17) is 10.00 Å². The molecule has 0 unspecified atom stereocenters. The number of hydrogen-bond acceptors (Lipinski definition) is 4. The van der Waals surface area contributed by atoms with E-state index in [0.717, 1.165) is 11.3 Å². The van der Waals surface area contributed by atoms with Gasteiger partial charge in [0.1, 0.15) is 17.5 Å². The summed E-state index contributed by atoms with van der Waals surface area (Å²) in [6, 6.07) is 9.46. The van der Waals surface area contributed by atoms with Crippen molar-refractivity contribution in [3.05, 3.63) is 30.0 Å². The minimum absolute atomic E-state index is 0.316. The molecule has 0 aliphatic rings. The van der Waals surface area contributed by atoms with Gasteiger partial charge in [-0.25, -0.2) is 4.68 Å². The highest BCUT2D eigenvalue weighted by molar-refractivity contribution is 5.66. The summed E-state index contributed by atoms with van der Waals surface area (Å²) in [6.07, 6.45) is 0. The topological polar surface area (TPSA) is 63.7 Å². The molecule has 16 heavy (non-hydrogen) atoms. The lowest BCUT2D eigenvalue weighted by Gasteiger charge is -2.04. The maximum atomic E-state index is 8.92. The van der Waals surface area contributed by atoms with Crippen molar-refractivity contribution < 1.29 is 4.74 Å². The minimum Gasteiger partial charge on any atom is -0.497 e. The molecule has 1 heterocycles. The van der Waals surface area contributed by atoms with Gasteiger partial charge in [0.25, 0.3) is 0 Å². The summed E-state index contributed by atoms with van der Waals surface area (Å²) in [5.41, 5.74) is 1.88.